The Labute approximate surface area is 93.9 Å². The molecule has 0 aliphatic carbocycles. The fraction of sp³-hybridized carbons (Fsp3) is 0.333. The molecular weight excluding hydrogens is 208 g/mol. The molecule has 1 aromatic carbocycles. The highest BCUT2D eigenvalue weighted by atomic mass is 16.5. The maximum absolute atomic E-state index is 11.1. The van der Waals surface area contributed by atoms with Gasteiger partial charge in [0.05, 0.1) is 12.2 Å². The molecule has 4 heteroatoms. The van der Waals surface area contributed by atoms with Gasteiger partial charge in [0.2, 0.25) is 0 Å². The van der Waals surface area contributed by atoms with Gasteiger partial charge >= 0.3 is 5.97 Å². The van der Waals surface area contributed by atoms with E-state index in [0.717, 1.165) is 5.56 Å². The average molecular weight is 222 g/mol. The Hall–Kier alpha value is -1.84. The number of carbonyl (C=O) groups is 2. The molecule has 16 heavy (non-hydrogen) atoms. The van der Waals surface area contributed by atoms with Crippen molar-refractivity contribution >= 4 is 12.3 Å². The number of phenolic OH excluding ortho intramolecular Hbond substituents is 1. The van der Waals surface area contributed by atoms with Crippen LogP contribution in [-0.2, 0) is 16.0 Å². The molecule has 86 valence electrons. The van der Waals surface area contributed by atoms with Crippen molar-refractivity contribution in [3.8, 4) is 5.75 Å². The monoisotopic (exact) mass is 222 g/mol. The third-order valence-corrected chi connectivity index (χ3v) is 2.14. The van der Waals surface area contributed by atoms with Crippen LogP contribution in [0.2, 0.25) is 0 Å². The predicted octanol–water partition coefficient (Wildman–Crippen LogP) is 1.70. The van der Waals surface area contributed by atoms with E-state index in [2.05, 4.69) is 0 Å². The molecule has 0 aliphatic rings. The third-order valence-electron chi connectivity index (χ3n) is 2.14. The van der Waals surface area contributed by atoms with Gasteiger partial charge in [-0.1, -0.05) is 6.07 Å². The van der Waals surface area contributed by atoms with Crippen LogP contribution in [0.1, 0.15) is 29.3 Å². The van der Waals surface area contributed by atoms with Crippen molar-refractivity contribution < 1.29 is 19.4 Å². The molecule has 4 nitrogen and oxygen atoms in total. The van der Waals surface area contributed by atoms with E-state index in [-0.39, 0.29) is 23.7 Å². The number of hydrogen-bond acceptors (Lipinski definition) is 4. The normalized spacial score (nSPS) is 9.81. The van der Waals surface area contributed by atoms with E-state index in [1.165, 1.54) is 12.1 Å². The molecule has 1 N–H and O–H groups in total. The van der Waals surface area contributed by atoms with Gasteiger partial charge in [-0.15, -0.1) is 0 Å². The van der Waals surface area contributed by atoms with Gasteiger partial charge in [-0.05, 0) is 31.0 Å². The van der Waals surface area contributed by atoms with E-state index < -0.39 is 0 Å². The zero-order chi connectivity index (χ0) is 12.0. The molecule has 0 fully saturated rings. The number of esters is 1. The minimum Gasteiger partial charge on any atom is -0.507 e. The van der Waals surface area contributed by atoms with Crippen molar-refractivity contribution in [2.45, 2.75) is 19.8 Å². The second-order valence-electron chi connectivity index (χ2n) is 3.32. The number of aromatic hydroxyl groups is 1. The lowest BCUT2D eigenvalue weighted by Gasteiger charge is -2.03. The van der Waals surface area contributed by atoms with Gasteiger partial charge in [-0.2, -0.15) is 0 Å². The topological polar surface area (TPSA) is 63.6 Å². The molecule has 0 aliphatic heterocycles. The lowest BCUT2D eigenvalue weighted by molar-refractivity contribution is -0.143. The number of hydrogen-bond donors (Lipinski definition) is 1. The number of ether oxygens (including phenoxy) is 1. The minimum absolute atomic E-state index is 0.0589. The highest BCUT2D eigenvalue weighted by Gasteiger charge is 2.05. The summed E-state index contributed by atoms with van der Waals surface area (Å²) < 4.78 is 4.78. The largest absolute Gasteiger partial charge is 0.507 e. The van der Waals surface area contributed by atoms with Crippen molar-refractivity contribution in [1.82, 2.24) is 0 Å². The summed E-state index contributed by atoms with van der Waals surface area (Å²) in [6.07, 6.45) is 1.35. The summed E-state index contributed by atoms with van der Waals surface area (Å²) >= 11 is 0. The van der Waals surface area contributed by atoms with Crippen LogP contribution in [0.15, 0.2) is 18.2 Å². The quantitative estimate of drug-likeness (QED) is 0.608. The lowest BCUT2D eigenvalue weighted by atomic mass is 10.1. The molecule has 0 saturated heterocycles. The average Bonchev–Trinajstić information content (AvgIpc) is 2.27. The molecule has 0 spiro atoms. The molecular formula is C12H14O4. The van der Waals surface area contributed by atoms with Crippen molar-refractivity contribution in [3.05, 3.63) is 29.3 Å². The molecule has 0 radical (unpaired) electrons. The van der Waals surface area contributed by atoms with Gasteiger partial charge in [0.15, 0.2) is 6.29 Å². The van der Waals surface area contributed by atoms with Crippen LogP contribution in [0.5, 0.6) is 5.75 Å². The highest BCUT2D eigenvalue weighted by molar-refractivity contribution is 5.79. The first-order valence-corrected chi connectivity index (χ1v) is 5.10. The predicted molar refractivity (Wildman–Crippen MR) is 58.4 cm³/mol. The minimum atomic E-state index is -0.263. The molecule has 0 saturated carbocycles. The number of rotatable bonds is 5. The van der Waals surface area contributed by atoms with Gasteiger partial charge in [0.1, 0.15) is 5.75 Å². The van der Waals surface area contributed by atoms with E-state index in [1.807, 2.05) is 0 Å². The van der Waals surface area contributed by atoms with E-state index in [1.54, 1.807) is 13.0 Å². The van der Waals surface area contributed by atoms with E-state index >= 15 is 0 Å². The Morgan fingerprint density at radius 2 is 2.25 bits per heavy atom. The zero-order valence-electron chi connectivity index (χ0n) is 9.10. The summed E-state index contributed by atoms with van der Waals surface area (Å²) in [7, 11) is 0. The van der Waals surface area contributed by atoms with Gasteiger partial charge < -0.3 is 9.84 Å². The van der Waals surface area contributed by atoms with Gasteiger partial charge in [0, 0.05) is 6.42 Å². The summed E-state index contributed by atoms with van der Waals surface area (Å²) in [6, 6.07) is 4.73. The number of aryl methyl sites for hydroxylation is 1. The van der Waals surface area contributed by atoms with Crippen LogP contribution in [0, 0.1) is 0 Å². The van der Waals surface area contributed by atoms with Gasteiger partial charge in [-0.3, -0.25) is 9.59 Å². The maximum Gasteiger partial charge on any atom is 0.306 e. The molecule has 0 aromatic heterocycles. The van der Waals surface area contributed by atoms with Crippen molar-refractivity contribution in [2.24, 2.45) is 0 Å². The Bertz CT molecular complexity index is 385. The zero-order valence-corrected chi connectivity index (χ0v) is 9.10. The van der Waals surface area contributed by atoms with Crippen LogP contribution >= 0.6 is 0 Å². The van der Waals surface area contributed by atoms with Gasteiger partial charge in [-0.25, -0.2) is 0 Å². The fourth-order valence-corrected chi connectivity index (χ4v) is 1.32. The Kier molecular flexibility index (Phi) is 4.51. The Morgan fingerprint density at radius 1 is 1.50 bits per heavy atom. The van der Waals surface area contributed by atoms with Crippen LogP contribution in [0.25, 0.3) is 0 Å². The standard InChI is InChI=1S/C12H14O4/c1-2-16-12(15)6-4-9-3-5-10(8-13)11(14)7-9/h3,5,7-8,14H,2,4,6H2,1H3. The van der Waals surface area contributed by atoms with Crippen LogP contribution < -0.4 is 0 Å². The number of aldehydes is 1. The third kappa shape index (κ3) is 3.38. The number of carbonyl (C=O) groups excluding carboxylic acids is 2. The molecule has 1 rings (SSSR count). The first kappa shape index (κ1) is 12.2. The van der Waals surface area contributed by atoms with E-state index in [9.17, 15) is 14.7 Å². The smallest absolute Gasteiger partial charge is 0.306 e. The fourth-order valence-electron chi connectivity index (χ4n) is 1.32. The summed E-state index contributed by atoms with van der Waals surface area (Å²) in [5.41, 5.74) is 1.05. The van der Waals surface area contributed by atoms with Crippen LogP contribution in [0.4, 0.5) is 0 Å². The highest BCUT2D eigenvalue weighted by Crippen LogP contribution is 2.17. The van der Waals surface area contributed by atoms with Crippen LogP contribution in [-0.4, -0.2) is 24.0 Å². The summed E-state index contributed by atoms with van der Waals surface area (Å²) in [6.45, 7) is 2.12. The van der Waals surface area contributed by atoms with E-state index in [4.69, 9.17) is 4.74 Å². The molecule has 0 heterocycles. The molecule has 0 unspecified atom stereocenters. The molecule has 0 bridgehead atoms. The summed E-state index contributed by atoms with van der Waals surface area (Å²) in [5.74, 6) is -0.321. The van der Waals surface area contributed by atoms with Crippen molar-refractivity contribution in [2.75, 3.05) is 6.61 Å². The summed E-state index contributed by atoms with van der Waals surface area (Å²) in [4.78, 5) is 21.5. The van der Waals surface area contributed by atoms with E-state index in [0.29, 0.717) is 19.3 Å². The molecule has 1 aromatic rings. The van der Waals surface area contributed by atoms with Crippen molar-refractivity contribution in [3.63, 3.8) is 0 Å². The Balaban J connectivity index is 2.58. The Morgan fingerprint density at radius 3 is 2.81 bits per heavy atom. The second-order valence-corrected chi connectivity index (χ2v) is 3.32. The first-order valence-electron chi connectivity index (χ1n) is 5.10. The lowest BCUT2D eigenvalue weighted by Crippen LogP contribution is -2.05. The molecule has 0 atom stereocenters. The van der Waals surface area contributed by atoms with Crippen molar-refractivity contribution in [1.29, 1.82) is 0 Å². The second kappa shape index (κ2) is 5.90. The number of phenols is 1. The van der Waals surface area contributed by atoms with Crippen LogP contribution in [0.3, 0.4) is 0 Å². The molecule has 0 amide bonds. The number of benzene rings is 1. The SMILES string of the molecule is CCOC(=O)CCc1ccc(C=O)c(O)c1. The first-order chi connectivity index (χ1) is 7.67. The summed E-state index contributed by atoms with van der Waals surface area (Å²) in [5, 5.41) is 9.41. The van der Waals surface area contributed by atoms with Gasteiger partial charge in [0.25, 0.3) is 0 Å². The maximum atomic E-state index is 11.1.